The number of phenolic OH excluding ortho intramolecular Hbond substituents is 2. The van der Waals surface area contributed by atoms with Gasteiger partial charge in [-0.05, 0) is 19.1 Å². The number of ketones is 3. The standard InChI is InChI=1S/C30H34ClN3O12/c1-11-23(37)14(32)7-18(45-11)46-16-9-30(43,17(36)10-35)8-13-19(16)26(40)22-21(25(13)39)24(38)12-3-4-15(34(6-5-31)29(33)42)28(44-2)20(12)27(22)41/h3-4,11,14,16,18,23,35,37,39-40,43H,5-10,32H2,1-2H3,(H2,33,42)/t11-,14-,16-,18-,23+,30-/m0/s1. The van der Waals surface area contributed by atoms with Gasteiger partial charge in [0.1, 0.15) is 23.7 Å². The van der Waals surface area contributed by atoms with E-state index in [4.69, 9.17) is 37.3 Å². The van der Waals surface area contributed by atoms with Gasteiger partial charge >= 0.3 is 6.03 Å². The molecule has 0 bridgehead atoms. The van der Waals surface area contributed by atoms with Crippen LogP contribution in [0.25, 0.3) is 0 Å². The predicted octanol–water partition coefficient (Wildman–Crippen LogP) is 0.125. The van der Waals surface area contributed by atoms with E-state index in [-0.39, 0.29) is 52.5 Å². The van der Waals surface area contributed by atoms with Crippen molar-refractivity contribution in [3.05, 3.63) is 45.5 Å². The molecule has 15 nitrogen and oxygen atoms in total. The van der Waals surface area contributed by atoms with Crippen LogP contribution < -0.4 is 21.1 Å². The first-order chi connectivity index (χ1) is 21.7. The number of Topliss-reactive ketones (excluding diaryl/α,β-unsaturated/α-hetero) is 1. The molecule has 1 heterocycles. The normalized spacial score (nSPS) is 27.0. The van der Waals surface area contributed by atoms with Crippen LogP contribution in [0.2, 0.25) is 0 Å². The number of phenols is 2. The van der Waals surface area contributed by atoms with Crippen LogP contribution >= 0.6 is 11.6 Å². The number of anilines is 1. The molecule has 0 saturated carbocycles. The molecule has 3 aliphatic rings. The molecule has 16 heteroatoms. The number of rotatable bonds is 8. The van der Waals surface area contributed by atoms with Crippen molar-refractivity contribution >= 4 is 40.7 Å². The highest BCUT2D eigenvalue weighted by molar-refractivity contribution is 6.32. The first-order valence-corrected chi connectivity index (χ1v) is 14.9. The second-order valence-electron chi connectivity index (χ2n) is 11.5. The van der Waals surface area contributed by atoms with Crippen LogP contribution in [-0.4, -0.2) is 105 Å². The van der Waals surface area contributed by atoms with Gasteiger partial charge in [-0.15, -0.1) is 11.6 Å². The van der Waals surface area contributed by atoms with Gasteiger partial charge in [0.05, 0.1) is 47.8 Å². The van der Waals surface area contributed by atoms with E-state index in [1.54, 1.807) is 6.92 Å². The molecule has 2 aromatic carbocycles. The van der Waals surface area contributed by atoms with E-state index in [1.165, 1.54) is 19.2 Å². The lowest BCUT2D eigenvalue weighted by molar-refractivity contribution is -0.247. The third kappa shape index (κ3) is 5.27. The number of benzene rings is 2. The zero-order chi connectivity index (χ0) is 33.8. The van der Waals surface area contributed by atoms with E-state index in [1.807, 2.05) is 0 Å². The van der Waals surface area contributed by atoms with Gasteiger partial charge in [-0.2, -0.15) is 0 Å². The van der Waals surface area contributed by atoms with Crippen molar-refractivity contribution in [3.63, 3.8) is 0 Å². The van der Waals surface area contributed by atoms with Crippen molar-refractivity contribution < 1.29 is 58.9 Å². The fraction of sp³-hybridized carbons (Fsp3) is 0.467. The zero-order valence-corrected chi connectivity index (χ0v) is 25.6. The maximum atomic E-state index is 14.2. The van der Waals surface area contributed by atoms with Crippen molar-refractivity contribution in [2.24, 2.45) is 11.5 Å². The number of aromatic hydroxyl groups is 2. The summed E-state index contributed by atoms with van der Waals surface area (Å²) in [5.74, 6) is -4.68. The smallest absolute Gasteiger partial charge is 0.319 e. The monoisotopic (exact) mass is 663 g/mol. The first kappa shape index (κ1) is 33.5. The molecule has 248 valence electrons. The molecule has 1 aliphatic heterocycles. The molecule has 9 N–H and O–H groups in total. The molecule has 1 fully saturated rings. The summed E-state index contributed by atoms with van der Waals surface area (Å²) in [6, 6.07) is 0.847. The Morgan fingerprint density at radius 1 is 1.15 bits per heavy atom. The second-order valence-corrected chi connectivity index (χ2v) is 11.9. The molecule has 1 saturated heterocycles. The Kier molecular flexibility index (Phi) is 9.04. The number of nitrogens with two attached hydrogens (primary N) is 2. The number of nitrogens with zero attached hydrogens (tertiary/aromatic N) is 1. The number of carbonyl (C=O) groups excluding carboxylic acids is 4. The van der Waals surface area contributed by atoms with E-state index in [2.05, 4.69) is 0 Å². The topological polar surface area (TPSA) is 252 Å². The second kappa shape index (κ2) is 12.4. The fourth-order valence-corrected chi connectivity index (χ4v) is 6.63. The Balaban J connectivity index is 1.70. The van der Waals surface area contributed by atoms with E-state index in [0.29, 0.717) is 0 Å². The predicted molar refractivity (Wildman–Crippen MR) is 159 cm³/mol. The lowest BCUT2D eigenvalue weighted by atomic mass is 9.71. The lowest BCUT2D eigenvalue weighted by Gasteiger charge is -2.42. The summed E-state index contributed by atoms with van der Waals surface area (Å²) < 4.78 is 17.3. The Morgan fingerprint density at radius 2 is 1.83 bits per heavy atom. The number of carbonyl (C=O) groups is 4. The zero-order valence-electron chi connectivity index (χ0n) is 24.9. The third-order valence-electron chi connectivity index (χ3n) is 8.77. The summed E-state index contributed by atoms with van der Waals surface area (Å²) in [6.07, 6.45) is -5.59. The Labute approximate surface area is 267 Å². The number of alkyl halides is 1. The largest absolute Gasteiger partial charge is 0.507 e. The number of fused-ring (bicyclic) bond motifs is 3. The van der Waals surface area contributed by atoms with E-state index in [0.717, 1.165) is 4.90 Å². The average Bonchev–Trinajstić information content (AvgIpc) is 3.01. The van der Waals surface area contributed by atoms with Gasteiger partial charge in [0.15, 0.2) is 23.6 Å². The Bertz CT molecular complexity index is 1620. The average molecular weight is 664 g/mol. The molecule has 46 heavy (non-hydrogen) atoms. The molecule has 2 amide bonds. The molecule has 0 spiro atoms. The SMILES string of the molecule is COc1c(N(CCCl)C(N)=O)ccc2c1C(=O)c1c(O)c3c(c(O)c1C2=O)C[C@@](O)(C(=O)CO)C[C@@H]3O[C@H]1C[C@H](N)[C@H](O)[C@H](C)O1. The van der Waals surface area contributed by atoms with Crippen molar-refractivity contribution in [3.8, 4) is 17.2 Å². The van der Waals surface area contributed by atoms with Crippen LogP contribution in [0.1, 0.15) is 68.8 Å². The highest BCUT2D eigenvalue weighted by atomic mass is 35.5. The number of halogens is 1. The van der Waals surface area contributed by atoms with Crippen LogP contribution in [0.5, 0.6) is 17.2 Å². The van der Waals surface area contributed by atoms with E-state index >= 15 is 0 Å². The van der Waals surface area contributed by atoms with Crippen LogP contribution in [0, 0.1) is 0 Å². The highest BCUT2D eigenvalue weighted by Crippen LogP contribution is 2.53. The van der Waals surface area contributed by atoms with Crippen LogP contribution in [0.15, 0.2) is 12.1 Å². The number of amides is 2. The molecule has 0 unspecified atom stereocenters. The van der Waals surface area contributed by atoms with Crippen molar-refractivity contribution in [2.45, 2.75) is 62.4 Å². The van der Waals surface area contributed by atoms with Gasteiger partial charge in [-0.3, -0.25) is 19.3 Å². The molecule has 5 rings (SSSR count). The number of aliphatic hydroxyl groups is 3. The number of aliphatic hydroxyl groups excluding tert-OH is 2. The molecular formula is C30H34ClN3O12. The quantitative estimate of drug-likeness (QED) is 0.125. The minimum Gasteiger partial charge on any atom is -0.507 e. The summed E-state index contributed by atoms with van der Waals surface area (Å²) in [5, 5.41) is 54.4. The summed E-state index contributed by atoms with van der Waals surface area (Å²) >= 11 is 5.84. The van der Waals surface area contributed by atoms with Crippen molar-refractivity contribution in [1.29, 1.82) is 0 Å². The number of hydrogen-bond acceptors (Lipinski definition) is 13. The number of ether oxygens (including phenoxy) is 3. The highest BCUT2D eigenvalue weighted by Gasteiger charge is 2.50. The summed E-state index contributed by atoms with van der Waals surface area (Å²) in [4.78, 5) is 54.1. The lowest BCUT2D eigenvalue weighted by Crippen LogP contribution is -2.53. The van der Waals surface area contributed by atoms with Gasteiger partial charge in [0.25, 0.3) is 0 Å². The van der Waals surface area contributed by atoms with Gasteiger partial charge in [-0.25, -0.2) is 4.79 Å². The number of primary amides is 1. The molecule has 2 aromatic rings. The first-order valence-electron chi connectivity index (χ1n) is 14.4. The van der Waals surface area contributed by atoms with Crippen LogP contribution in [0.3, 0.4) is 0 Å². The molecular weight excluding hydrogens is 630 g/mol. The minimum atomic E-state index is -2.31. The summed E-state index contributed by atoms with van der Waals surface area (Å²) in [5.41, 5.74) is 7.05. The van der Waals surface area contributed by atoms with Gasteiger partial charge in [-0.1, -0.05) is 0 Å². The van der Waals surface area contributed by atoms with Crippen LogP contribution in [0.4, 0.5) is 10.5 Å². The Morgan fingerprint density at radius 3 is 2.41 bits per heavy atom. The van der Waals surface area contributed by atoms with Gasteiger partial charge in [0, 0.05) is 54.4 Å². The van der Waals surface area contributed by atoms with Crippen LogP contribution in [-0.2, 0) is 20.7 Å². The number of methoxy groups -OCH3 is 1. The molecule has 0 radical (unpaired) electrons. The maximum Gasteiger partial charge on any atom is 0.319 e. The molecule has 2 aliphatic carbocycles. The summed E-state index contributed by atoms with van der Waals surface area (Å²) in [6.45, 7) is 0.417. The van der Waals surface area contributed by atoms with E-state index < -0.39 is 102 Å². The van der Waals surface area contributed by atoms with Crippen molar-refractivity contribution in [2.75, 3.05) is 31.0 Å². The molecule has 6 atom stereocenters. The summed E-state index contributed by atoms with van der Waals surface area (Å²) in [7, 11) is 1.20. The maximum absolute atomic E-state index is 14.2. The van der Waals surface area contributed by atoms with Crippen molar-refractivity contribution in [1.82, 2.24) is 0 Å². The number of hydrogen-bond donors (Lipinski definition) is 7. The molecule has 0 aromatic heterocycles. The van der Waals surface area contributed by atoms with E-state index in [9.17, 15) is 44.7 Å². The number of urea groups is 1. The Hall–Kier alpha value is -3.83. The minimum absolute atomic E-state index is 0.0246. The third-order valence-corrected chi connectivity index (χ3v) is 8.93. The van der Waals surface area contributed by atoms with Gasteiger partial charge in [0.2, 0.25) is 5.78 Å². The van der Waals surface area contributed by atoms with Gasteiger partial charge < -0.3 is 51.2 Å². The fourth-order valence-electron chi connectivity index (χ4n) is 6.46.